The summed E-state index contributed by atoms with van der Waals surface area (Å²) in [6, 6.07) is 3.51. The molecule has 128 valence electrons. The summed E-state index contributed by atoms with van der Waals surface area (Å²) in [7, 11) is 0. The molecule has 3 rings (SSSR count). The molecule has 4 amide bonds. The van der Waals surface area contributed by atoms with E-state index >= 15 is 0 Å². The number of hydrogen-bond donors (Lipinski definition) is 0. The predicted molar refractivity (Wildman–Crippen MR) is 93.1 cm³/mol. The zero-order valence-corrected chi connectivity index (χ0v) is 14.5. The van der Waals surface area contributed by atoms with Crippen molar-refractivity contribution in [3.63, 3.8) is 0 Å². The Bertz CT molecular complexity index is 839. The Morgan fingerprint density at radius 1 is 0.760 bits per heavy atom. The van der Waals surface area contributed by atoms with Gasteiger partial charge in [-0.15, -0.1) is 0 Å². The Morgan fingerprint density at radius 3 is 1.44 bits per heavy atom. The van der Waals surface area contributed by atoms with Gasteiger partial charge < -0.3 is 0 Å². The number of carbonyl (C=O) groups excluding carboxylic acids is 4. The first kappa shape index (κ1) is 16.8. The Hall–Kier alpha value is -3.02. The molecule has 0 aromatic heterocycles. The van der Waals surface area contributed by atoms with E-state index in [1.54, 1.807) is 32.9 Å². The maximum atomic E-state index is 12.4. The topological polar surface area (TPSA) is 74.8 Å². The van der Waals surface area contributed by atoms with Crippen molar-refractivity contribution >= 4 is 35.0 Å². The van der Waals surface area contributed by atoms with E-state index in [-0.39, 0.29) is 11.8 Å². The van der Waals surface area contributed by atoms with Crippen LogP contribution in [-0.2, 0) is 25.6 Å². The Morgan fingerprint density at radius 2 is 1.16 bits per heavy atom. The van der Waals surface area contributed by atoms with Crippen molar-refractivity contribution in [1.82, 2.24) is 0 Å². The van der Waals surface area contributed by atoms with E-state index in [1.165, 1.54) is 12.2 Å². The molecule has 1 aromatic carbocycles. The monoisotopic (exact) mass is 338 g/mol. The predicted octanol–water partition coefficient (Wildman–Crippen LogP) is 2.20. The van der Waals surface area contributed by atoms with E-state index in [4.69, 9.17) is 0 Å². The molecule has 2 aliphatic rings. The van der Waals surface area contributed by atoms with Crippen molar-refractivity contribution in [2.24, 2.45) is 0 Å². The molecule has 0 saturated heterocycles. The third kappa shape index (κ3) is 2.50. The van der Waals surface area contributed by atoms with Crippen molar-refractivity contribution in [2.45, 2.75) is 34.1 Å². The third-order valence-electron chi connectivity index (χ3n) is 4.50. The van der Waals surface area contributed by atoms with Gasteiger partial charge in [0.2, 0.25) is 0 Å². The number of hydrogen-bond acceptors (Lipinski definition) is 4. The molecule has 0 N–H and O–H groups in total. The summed E-state index contributed by atoms with van der Waals surface area (Å²) in [4.78, 5) is 51.4. The van der Waals surface area contributed by atoms with Crippen molar-refractivity contribution in [2.75, 3.05) is 9.80 Å². The van der Waals surface area contributed by atoms with Gasteiger partial charge in [-0.25, -0.2) is 9.80 Å². The van der Waals surface area contributed by atoms with Gasteiger partial charge in [0.05, 0.1) is 11.4 Å². The molecule has 6 nitrogen and oxygen atoms in total. The summed E-state index contributed by atoms with van der Waals surface area (Å²) in [5, 5.41) is 0. The summed E-state index contributed by atoms with van der Waals surface area (Å²) in [5.74, 6) is -1.61. The van der Waals surface area contributed by atoms with E-state index in [0.717, 1.165) is 15.4 Å². The van der Waals surface area contributed by atoms with Crippen LogP contribution in [0.5, 0.6) is 0 Å². The highest BCUT2D eigenvalue weighted by molar-refractivity contribution is 6.32. The van der Waals surface area contributed by atoms with Gasteiger partial charge in [-0.2, -0.15) is 0 Å². The lowest BCUT2D eigenvalue weighted by molar-refractivity contribution is -0.121. The van der Waals surface area contributed by atoms with Crippen LogP contribution in [0.15, 0.2) is 35.4 Å². The van der Waals surface area contributed by atoms with Crippen LogP contribution in [-0.4, -0.2) is 23.6 Å². The molecule has 0 unspecified atom stereocenters. The van der Waals surface area contributed by atoms with E-state index < -0.39 is 11.8 Å². The van der Waals surface area contributed by atoms with Crippen LogP contribution in [0.4, 0.5) is 11.4 Å². The first-order valence-corrected chi connectivity index (χ1v) is 8.03. The van der Waals surface area contributed by atoms with Gasteiger partial charge in [-0.3, -0.25) is 19.2 Å². The zero-order chi connectivity index (χ0) is 18.5. The van der Waals surface area contributed by atoms with Gasteiger partial charge in [0.15, 0.2) is 0 Å². The molecule has 0 saturated carbocycles. The molecule has 0 aliphatic carbocycles. The Kier molecular flexibility index (Phi) is 3.91. The summed E-state index contributed by atoms with van der Waals surface area (Å²) in [6.07, 6.45) is 3.21. The second-order valence-electron chi connectivity index (χ2n) is 6.22. The molecule has 25 heavy (non-hydrogen) atoms. The van der Waals surface area contributed by atoms with Crippen LogP contribution in [0, 0.1) is 6.92 Å². The van der Waals surface area contributed by atoms with Crippen LogP contribution < -0.4 is 9.80 Å². The summed E-state index contributed by atoms with van der Waals surface area (Å²) >= 11 is 0. The second-order valence-corrected chi connectivity index (χ2v) is 6.22. The van der Waals surface area contributed by atoms with Gasteiger partial charge in [0.25, 0.3) is 23.6 Å². The number of nitrogens with zero attached hydrogens (tertiary/aromatic N) is 2. The minimum atomic E-state index is -0.418. The lowest BCUT2D eigenvalue weighted by Crippen LogP contribution is -2.34. The minimum absolute atomic E-state index is 0.360. The lowest BCUT2D eigenvalue weighted by atomic mass is 10.0. The largest absolute Gasteiger partial charge is 0.269 e. The molecular formula is C19H18N2O4. The molecule has 0 atom stereocenters. The van der Waals surface area contributed by atoms with Crippen LogP contribution in [0.1, 0.15) is 31.9 Å². The van der Waals surface area contributed by atoms with E-state index in [9.17, 15) is 19.2 Å². The number of anilines is 2. The van der Waals surface area contributed by atoms with Gasteiger partial charge in [-0.1, -0.05) is 6.92 Å². The van der Waals surface area contributed by atoms with Gasteiger partial charge in [0.1, 0.15) is 0 Å². The van der Waals surface area contributed by atoms with Crippen molar-refractivity contribution < 1.29 is 19.2 Å². The number of benzene rings is 1. The highest BCUT2D eigenvalue weighted by atomic mass is 16.2. The molecule has 0 radical (unpaired) electrons. The molecule has 0 fully saturated rings. The number of rotatable bonds is 3. The number of carbonyl (C=O) groups is 4. The highest BCUT2D eigenvalue weighted by Gasteiger charge is 2.35. The van der Waals surface area contributed by atoms with Crippen molar-refractivity contribution in [3.8, 4) is 0 Å². The van der Waals surface area contributed by atoms with Crippen LogP contribution in [0.2, 0.25) is 0 Å². The van der Waals surface area contributed by atoms with Crippen LogP contribution >= 0.6 is 0 Å². The SMILES string of the molecule is CCc1cc(N2C(=O)C=C(C)C2=O)c(C)c(N2C(=O)C=C(C)C2=O)c1. The van der Waals surface area contributed by atoms with Gasteiger partial charge in [0, 0.05) is 23.3 Å². The standard InChI is InChI=1S/C19H18N2O4/c1-5-13-8-14(20-16(22)6-10(2)18(20)24)12(4)15(9-13)21-17(23)7-11(3)19(21)25/h6-9H,5H2,1-4H3. The number of imide groups is 2. The fourth-order valence-corrected chi connectivity index (χ4v) is 3.04. The average Bonchev–Trinajstić information content (AvgIpc) is 2.96. The summed E-state index contributed by atoms with van der Waals surface area (Å²) < 4.78 is 0. The van der Waals surface area contributed by atoms with E-state index in [0.29, 0.717) is 34.5 Å². The lowest BCUT2D eigenvalue weighted by Gasteiger charge is -2.24. The molecular weight excluding hydrogens is 320 g/mol. The smallest absolute Gasteiger partial charge is 0.261 e. The molecule has 2 aliphatic heterocycles. The number of aryl methyl sites for hydroxylation is 1. The van der Waals surface area contributed by atoms with Crippen LogP contribution in [0.25, 0.3) is 0 Å². The minimum Gasteiger partial charge on any atom is -0.269 e. The normalized spacial score (nSPS) is 17.6. The second kappa shape index (κ2) is 5.81. The Balaban J connectivity index is 2.17. The van der Waals surface area contributed by atoms with Crippen molar-refractivity contribution in [3.05, 3.63) is 46.6 Å². The summed E-state index contributed by atoms with van der Waals surface area (Å²) in [5.41, 5.74) is 2.89. The first-order chi connectivity index (χ1) is 11.8. The molecule has 0 spiro atoms. The first-order valence-electron chi connectivity index (χ1n) is 8.03. The molecule has 6 heteroatoms. The zero-order valence-electron chi connectivity index (χ0n) is 14.5. The fourth-order valence-electron chi connectivity index (χ4n) is 3.04. The Labute approximate surface area is 145 Å². The molecule has 0 bridgehead atoms. The quantitative estimate of drug-likeness (QED) is 0.792. The maximum absolute atomic E-state index is 12.4. The van der Waals surface area contributed by atoms with Crippen LogP contribution in [0.3, 0.4) is 0 Å². The molecule has 1 aromatic rings. The summed E-state index contributed by atoms with van der Waals surface area (Å²) in [6.45, 7) is 6.79. The highest BCUT2D eigenvalue weighted by Crippen LogP contribution is 2.36. The van der Waals surface area contributed by atoms with Crippen molar-refractivity contribution in [1.29, 1.82) is 0 Å². The third-order valence-corrected chi connectivity index (χ3v) is 4.50. The maximum Gasteiger partial charge on any atom is 0.261 e. The van der Waals surface area contributed by atoms with E-state index in [2.05, 4.69) is 0 Å². The molecule has 2 heterocycles. The number of amides is 4. The van der Waals surface area contributed by atoms with Gasteiger partial charge in [-0.05, 0) is 50.5 Å². The fraction of sp³-hybridized carbons (Fsp3) is 0.263. The average molecular weight is 338 g/mol. The van der Waals surface area contributed by atoms with Gasteiger partial charge >= 0.3 is 0 Å². The van der Waals surface area contributed by atoms with E-state index in [1.807, 2.05) is 6.92 Å².